The quantitative estimate of drug-likeness (QED) is 0.455. The van der Waals surface area contributed by atoms with Crippen LogP contribution in [0.15, 0.2) is 88.5 Å². The number of hydrogen-bond donors (Lipinski definition) is 1. The van der Waals surface area contributed by atoms with Gasteiger partial charge >= 0.3 is 5.91 Å². The van der Waals surface area contributed by atoms with Gasteiger partial charge in [0.25, 0.3) is 0 Å². The molecule has 1 amide bonds. The molecule has 0 aliphatic heterocycles. The van der Waals surface area contributed by atoms with Gasteiger partial charge in [0.1, 0.15) is 5.58 Å². The number of amides is 1. The maximum atomic E-state index is 12.2. The molecule has 0 atom stereocenters. The second kappa shape index (κ2) is 6.49. The van der Waals surface area contributed by atoms with Gasteiger partial charge in [-0.25, -0.2) is 5.43 Å². The molecular weight excluding hydrogens is 314 g/mol. The summed E-state index contributed by atoms with van der Waals surface area (Å²) in [4.78, 5) is 12.2. The van der Waals surface area contributed by atoms with Crippen molar-refractivity contribution in [3.63, 3.8) is 0 Å². The molecule has 2 aromatic heterocycles. The highest BCUT2D eigenvalue weighted by Crippen LogP contribution is 2.18. The van der Waals surface area contributed by atoms with E-state index in [0.29, 0.717) is 5.58 Å². The molecular formula is C20H15N3O2. The Hall–Kier alpha value is -3.60. The Bertz CT molecular complexity index is 1010. The highest BCUT2D eigenvalue weighted by atomic mass is 16.3. The van der Waals surface area contributed by atoms with Crippen LogP contribution in [0.25, 0.3) is 16.7 Å². The van der Waals surface area contributed by atoms with Crippen LogP contribution >= 0.6 is 0 Å². The maximum Gasteiger partial charge on any atom is 0.307 e. The zero-order chi connectivity index (χ0) is 17.1. The van der Waals surface area contributed by atoms with Crippen molar-refractivity contribution in [1.29, 1.82) is 0 Å². The molecule has 122 valence electrons. The summed E-state index contributed by atoms with van der Waals surface area (Å²) in [5.74, 6) is -0.151. The molecule has 0 radical (unpaired) electrons. The highest BCUT2D eigenvalue weighted by molar-refractivity contribution is 5.96. The van der Waals surface area contributed by atoms with Crippen LogP contribution in [0.3, 0.4) is 0 Å². The third-order valence-electron chi connectivity index (χ3n) is 3.83. The van der Waals surface area contributed by atoms with Crippen LogP contribution < -0.4 is 5.43 Å². The highest BCUT2D eigenvalue weighted by Gasteiger charge is 2.11. The largest absolute Gasteiger partial charge is 0.451 e. The minimum atomic E-state index is -0.384. The summed E-state index contributed by atoms with van der Waals surface area (Å²) in [7, 11) is 0. The van der Waals surface area contributed by atoms with E-state index < -0.39 is 0 Å². The van der Waals surface area contributed by atoms with Crippen LogP contribution in [0.2, 0.25) is 0 Å². The summed E-state index contributed by atoms with van der Waals surface area (Å²) in [5, 5.41) is 4.92. The van der Waals surface area contributed by atoms with E-state index in [9.17, 15) is 4.79 Å². The van der Waals surface area contributed by atoms with Gasteiger partial charge in [0.05, 0.1) is 11.9 Å². The molecule has 1 N–H and O–H groups in total. The molecule has 25 heavy (non-hydrogen) atoms. The molecule has 0 bridgehead atoms. The summed E-state index contributed by atoms with van der Waals surface area (Å²) in [5.41, 5.74) is 5.06. The maximum absolute atomic E-state index is 12.2. The van der Waals surface area contributed by atoms with Crippen molar-refractivity contribution in [2.45, 2.75) is 0 Å². The Morgan fingerprint density at radius 1 is 1.00 bits per heavy atom. The van der Waals surface area contributed by atoms with E-state index in [0.717, 1.165) is 16.8 Å². The minimum absolute atomic E-state index is 0.233. The molecule has 0 aliphatic carbocycles. The summed E-state index contributed by atoms with van der Waals surface area (Å²) in [6.45, 7) is 0. The van der Waals surface area contributed by atoms with E-state index in [2.05, 4.69) is 10.5 Å². The summed E-state index contributed by atoms with van der Waals surface area (Å²) in [6.07, 6.45) is 3.55. The lowest BCUT2D eigenvalue weighted by atomic mass is 10.2. The topological polar surface area (TPSA) is 59.5 Å². The van der Waals surface area contributed by atoms with Gasteiger partial charge in [-0.3, -0.25) is 4.79 Å². The number of aromatic nitrogens is 1. The van der Waals surface area contributed by atoms with Gasteiger partial charge < -0.3 is 8.98 Å². The average Bonchev–Trinajstić information content (AvgIpc) is 3.29. The van der Waals surface area contributed by atoms with E-state index in [1.165, 1.54) is 0 Å². The second-order valence-corrected chi connectivity index (χ2v) is 5.49. The van der Waals surface area contributed by atoms with Crippen LogP contribution in [0, 0.1) is 0 Å². The summed E-state index contributed by atoms with van der Waals surface area (Å²) >= 11 is 0. The lowest BCUT2D eigenvalue weighted by Gasteiger charge is -2.05. The smallest absolute Gasteiger partial charge is 0.307 e. The normalized spacial score (nSPS) is 11.2. The van der Waals surface area contributed by atoms with E-state index >= 15 is 0 Å². The minimum Gasteiger partial charge on any atom is -0.451 e. The van der Waals surface area contributed by atoms with Gasteiger partial charge in [-0.1, -0.05) is 36.4 Å². The molecule has 5 heteroatoms. The van der Waals surface area contributed by atoms with Crippen molar-refractivity contribution in [3.05, 3.63) is 90.4 Å². The fourth-order valence-corrected chi connectivity index (χ4v) is 2.63. The lowest BCUT2D eigenvalue weighted by molar-refractivity contribution is 0.0929. The van der Waals surface area contributed by atoms with Crippen LogP contribution in [0.4, 0.5) is 0 Å². The number of furan rings is 1. The van der Waals surface area contributed by atoms with Crippen molar-refractivity contribution < 1.29 is 9.21 Å². The number of nitrogens with zero attached hydrogens (tertiary/aromatic N) is 2. The van der Waals surface area contributed by atoms with Gasteiger partial charge in [0.15, 0.2) is 5.76 Å². The zero-order valence-corrected chi connectivity index (χ0v) is 13.3. The molecule has 0 unspecified atom stereocenters. The monoisotopic (exact) mass is 329 g/mol. The van der Waals surface area contributed by atoms with Crippen molar-refractivity contribution in [3.8, 4) is 5.69 Å². The van der Waals surface area contributed by atoms with Gasteiger partial charge in [-0.2, -0.15) is 5.10 Å². The van der Waals surface area contributed by atoms with E-state index in [-0.39, 0.29) is 11.7 Å². The number of hydrogen-bond acceptors (Lipinski definition) is 3. The van der Waals surface area contributed by atoms with E-state index in [4.69, 9.17) is 4.42 Å². The molecule has 0 saturated heterocycles. The zero-order valence-electron chi connectivity index (χ0n) is 13.3. The molecule has 0 aliphatic rings. The molecule has 0 spiro atoms. The van der Waals surface area contributed by atoms with Crippen LogP contribution in [-0.2, 0) is 0 Å². The second-order valence-electron chi connectivity index (χ2n) is 5.49. The van der Waals surface area contributed by atoms with Crippen molar-refractivity contribution >= 4 is 23.1 Å². The first-order valence-corrected chi connectivity index (χ1v) is 7.86. The number of nitrogens with one attached hydrogen (secondary N) is 1. The first kappa shape index (κ1) is 15.0. The standard InChI is InChI=1S/C20H15N3O2/c24-20(19-13-15-7-4-5-11-18(15)25-19)22-21-14-17-10-6-12-23(17)16-8-2-1-3-9-16/h1-14H,(H,22,24)/b21-14+. The Kier molecular flexibility index (Phi) is 3.88. The van der Waals surface area contributed by atoms with E-state index in [1.54, 1.807) is 12.3 Å². The van der Waals surface area contributed by atoms with Gasteiger partial charge in [-0.15, -0.1) is 0 Å². The number of carbonyl (C=O) groups is 1. The third kappa shape index (κ3) is 3.07. The van der Waals surface area contributed by atoms with Crippen LogP contribution in [0.1, 0.15) is 16.2 Å². The van der Waals surface area contributed by atoms with Crippen LogP contribution in [0.5, 0.6) is 0 Å². The third-order valence-corrected chi connectivity index (χ3v) is 3.83. The first-order valence-electron chi connectivity index (χ1n) is 7.86. The Morgan fingerprint density at radius 2 is 1.80 bits per heavy atom. The molecule has 4 aromatic rings. The Balaban J connectivity index is 1.50. The van der Waals surface area contributed by atoms with Crippen molar-refractivity contribution in [2.75, 3.05) is 0 Å². The molecule has 5 nitrogen and oxygen atoms in total. The predicted molar refractivity (Wildman–Crippen MR) is 97.0 cm³/mol. The predicted octanol–water partition coefficient (Wildman–Crippen LogP) is 3.99. The molecule has 4 rings (SSSR count). The number of carbonyl (C=O) groups excluding carboxylic acids is 1. The summed E-state index contributed by atoms with van der Waals surface area (Å²) in [6, 6.07) is 22.9. The van der Waals surface area contributed by atoms with Crippen molar-refractivity contribution in [1.82, 2.24) is 9.99 Å². The summed E-state index contributed by atoms with van der Waals surface area (Å²) < 4.78 is 7.50. The molecule has 0 saturated carbocycles. The number of hydrazone groups is 1. The Labute approximate surface area is 144 Å². The first-order chi connectivity index (χ1) is 12.3. The SMILES string of the molecule is O=C(N/N=C/c1cccn1-c1ccccc1)c1cc2ccccc2o1. The number of para-hydroxylation sites is 2. The number of rotatable bonds is 4. The van der Waals surface area contributed by atoms with Crippen molar-refractivity contribution in [2.24, 2.45) is 5.10 Å². The molecule has 2 aromatic carbocycles. The fourth-order valence-electron chi connectivity index (χ4n) is 2.63. The van der Waals surface area contributed by atoms with Gasteiger partial charge in [0.2, 0.25) is 0 Å². The fraction of sp³-hybridized carbons (Fsp3) is 0. The van der Waals surface area contributed by atoms with Crippen LogP contribution in [-0.4, -0.2) is 16.7 Å². The number of fused-ring (bicyclic) bond motifs is 1. The average molecular weight is 329 g/mol. The Morgan fingerprint density at radius 3 is 2.64 bits per heavy atom. The molecule has 0 fully saturated rings. The van der Waals surface area contributed by atoms with E-state index in [1.807, 2.05) is 77.5 Å². The lowest BCUT2D eigenvalue weighted by Crippen LogP contribution is -2.17. The molecule has 2 heterocycles. The van der Waals surface area contributed by atoms with Gasteiger partial charge in [0, 0.05) is 17.3 Å². The van der Waals surface area contributed by atoms with Gasteiger partial charge in [-0.05, 0) is 36.4 Å². The number of benzene rings is 2.